The second kappa shape index (κ2) is 5.66. The molecule has 16 heavy (non-hydrogen) atoms. The van der Waals surface area contributed by atoms with Gasteiger partial charge in [-0.25, -0.2) is 0 Å². The summed E-state index contributed by atoms with van der Waals surface area (Å²) in [6, 6.07) is 5.47. The Hall–Kier alpha value is -0.580. The Bertz CT molecular complexity index is 350. The lowest BCUT2D eigenvalue weighted by atomic mass is 10.1. The molecule has 1 aromatic carbocycles. The molecule has 90 valence electrons. The van der Waals surface area contributed by atoms with E-state index in [0.29, 0.717) is 17.7 Å². The van der Waals surface area contributed by atoms with E-state index in [1.807, 2.05) is 19.1 Å². The Labute approximate surface area is 104 Å². The minimum atomic E-state index is -0.845. The van der Waals surface area contributed by atoms with Crippen molar-refractivity contribution < 1.29 is 14.9 Å². The molecule has 4 heteroatoms. The summed E-state index contributed by atoms with van der Waals surface area (Å²) in [6.45, 7) is 3.75. The van der Waals surface area contributed by atoms with Crippen LogP contribution in [0.5, 0.6) is 5.75 Å². The summed E-state index contributed by atoms with van der Waals surface area (Å²) in [4.78, 5) is 0. The molecule has 0 aromatic heterocycles. The van der Waals surface area contributed by atoms with Gasteiger partial charge in [0.05, 0.1) is 16.7 Å². The van der Waals surface area contributed by atoms with Crippen LogP contribution < -0.4 is 4.74 Å². The summed E-state index contributed by atoms with van der Waals surface area (Å²) in [5.41, 5.74) is -0.136. The van der Waals surface area contributed by atoms with Gasteiger partial charge in [-0.3, -0.25) is 0 Å². The lowest BCUT2D eigenvalue weighted by Gasteiger charge is -2.22. The van der Waals surface area contributed by atoms with Crippen LogP contribution in [0.15, 0.2) is 22.7 Å². The van der Waals surface area contributed by atoms with Crippen molar-refractivity contribution >= 4 is 15.9 Å². The molecule has 0 bridgehead atoms. The Morgan fingerprint density at radius 3 is 2.69 bits per heavy atom. The number of aliphatic hydroxyl groups is 2. The van der Waals surface area contributed by atoms with Crippen molar-refractivity contribution in [1.82, 2.24) is 0 Å². The first-order valence-electron chi connectivity index (χ1n) is 5.23. The first kappa shape index (κ1) is 13.5. The third kappa shape index (κ3) is 3.47. The Morgan fingerprint density at radius 2 is 2.12 bits per heavy atom. The van der Waals surface area contributed by atoms with Crippen molar-refractivity contribution in [1.29, 1.82) is 0 Å². The quantitative estimate of drug-likeness (QED) is 0.875. The Kier molecular flexibility index (Phi) is 4.77. The van der Waals surface area contributed by atoms with E-state index < -0.39 is 5.60 Å². The molecule has 1 aromatic rings. The van der Waals surface area contributed by atoms with Gasteiger partial charge in [0.15, 0.2) is 0 Å². The second-order valence-corrected chi connectivity index (χ2v) is 4.88. The molecular weight excluding hydrogens is 272 g/mol. The largest absolute Gasteiger partial charge is 0.489 e. The number of rotatable bonds is 5. The number of para-hydroxylation sites is 1. The van der Waals surface area contributed by atoms with Crippen LogP contribution in [0.3, 0.4) is 0 Å². The van der Waals surface area contributed by atoms with Crippen molar-refractivity contribution in [2.45, 2.75) is 32.5 Å². The molecule has 0 saturated carbocycles. The van der Waals surface area contributed by atoms with Crippen molar-refractivity contribution in [3.8, 4) is 5.75 Å². The van der Waals surface area contributed by atoms with Crippen molar-refractivity contribution in [2.24, 2.45) is 0 Å². The summed E-state index contributed by atoms with van der Waals surface area (Å²) in [5.74, 6) is 0.596. The molecule has 3 nitrogen and oxygen atoms in total. The van der Waals surface area contributed by atoms with Gasteiger partial charge in [-0.15, -0.1) is 0 Å². The Morgan fingerprint density at radius 1 is 1.44 bits per heavy atom. The highest BCUT2D eigenvalue weighted by Gasteiger charge is 2.19. The van der Waals surface area contributed by atoms with Crippen LogP contribution in [0.4, 0.5) is 0 Å². The van der Waals surface area contributed by atoms with Crippen LogP contribution >= 0.6 is 15.9 Å². The summed E-state index contributed by atoms with van der Waals surface area (Å²) < 4.78 is 6.34. The van der Waals surface area contributed by atoms with E-state index >= 15 is 0 Å². The molecule has 0 aliphatic carbocycles. The molecule has 0 aliphatic rings. The maximum atomic E-state index is 9.84. The molecule has 0 heterocycles. The van der Waals surface area contributed by atoms with Gasteiger partial charge in [-0.05, 0) is 35.3 Å². The zero-order valence-corrected chi connectivity index (χ0v) is 11.1. The molecule has 0 spiro atoms. The van der Waals surface area contributed by atoms with Crippen LogP contribution in [0.2, 0.25) is 0 Å². The topological polar surface area (TPSA) is 49.7 Å². The molecule has 0 radical (unpaired) electrons. The zero-order valence-electron chi connectivity index (χ0n) is 9.53. The highest BCUT2D eigenvalue weighted by molar-refractivity contribution is 9.10. The van der Waals surface area contributed by atoms with Gasteiger partial charge in [0.1, 0.15) is 12.4 Å². The number of hydrogen-bond donors (Lipinski definition) is 2. The smallest absolute Gasteiger partial charge is 0.139 e. The van der Waals surface area contributed by atoms with Crippen LogP contribution in [-0.4, -0.2) is 22.4 Å². The molecule has 1 atom stereocenters. The summed E-state index contributed by atoms with van der Waals surface area (Å²) in [5, 5.41) is 19.0. The predicted molar refractivity (Wildman–Crippen MR) is 66.5 cm³/mol. The van der Waals surface area contributed by atoms with Gasteiger partial charge in [-0.2, -0.15) is 0 Å². The first-order chi connectivity index (χ1) is 7.50. The number of aliphatic hydroxyl groups excluding tert-OH is 1. The van der Waals surface area contributed by atoms with E-state index in [1.165, 1.54) is 0 Å². The normalized spacial score (nSPS) is 14.6. The number of hydrogen-bond acceptors (Lipinski definition) is 3. The minimum Gasteiger partial charge on any atom is -0.489 e. The van der Waals surface area contributed by atoms with Crippen LogP contribution in [0.25, 0.3) is 0 Å². The van der Waals surface area contributed by atoms with Crippen molar-refractivity contribution in [3.05, 3.63) is 28.2 Å². The van der Waals surface area contributed by atoms with Gasteiger partial charge in [0, 0.05) is 5.56 Å². The first-order valence-corrected chi connectivity index (χ1v) is 6.03. The highest BCUT2D eigenvalue weighted by Crippen LogP contribution is 2.30. The summed E-state index contributed by atoms with van der Waals surface area (Å²) in [7, 11) is 0. The van der Waals surface area contributed by atoms with Gasteiger partial charge in [-0.1, -0.05) is 19.1 Å². The standard InChI is InChI=1S/C12H17BrO3/c1-3-12(2,15)8-16-11-9(7-14)5-4-6-10(11)13/h4-6,14-15H,3,7-8H2,1-2H3. The SMILES string of the molecule is CCC(C)(O)COc1c(Br)cccc1CO. The van der Waals surface area contributed by atoms with E-state index in [9.17, 15) is 5.11 Å². The van der Waals surface area contributed by atoms with Gasteiger partial charge in [0.2, 0.25) is 0 Å². The average molecular weight is 289 g/mol. The molecule has 0 aliphatic heterocycles. The third-order valence-corrected chi connectivity index (χ3v) is 3.13. The maximum Gasteiger partial charge on any atom is 0.139 e. The van der Waals surface area contributed by atoms with Crippen molar-refractivity contribution in [3.63, 3.8) is 0 Å². The highest BCUT2D eigenvalue weighted by atomic mass is 79.9. The predicted octanol–water partition coefficient (Wildman–Crippen LogP) is 2.48. The van der Waals surface area contributed by atoms with Gasteiger partial charge < -0.3 is 14.9 Å². The molecule has 0 fully saturated rings. The number of benzene rings is 1. The van der Waals surface area contributed by atoms with E-state index in [1.54, 1.807) is 13.0 Å². The molecule has 0 saturated heterocycles. The van der Waals surface area contributed by atoms with Gasteiger partial charge >= 0.3 is 0 Å². The van der Waals surface area contributed by atoms with E-state index in [4.69, 9.17) is 9.84 Å². The summed E-state index contributed by atoms with van der Waals surface area (Å²) >= 11 is 3.36. The zero-order chi connectivity index (χ0) is 12.2. The summed E-state index contributed by atoms with van der Waals surface area (Å²) in [6.07, 6.45) is 0.617. The fourth-order valence-electron chi connectivity index (χ4n) is 1.17. The molecule has 1 unspecified atom stereocenters. The second-order valence-electron chi connectivity index (χ2n) is 4.03. The number of halogens is 1. The monoisotopic (exact) mass is 288 g/mol. The van der Waals surface area contributed by atoms with Crippen LogP contribution in [-0.2, 0) is 6.61 Å². The molecule has 2 N–H and O–H groups in total. The van der Waals surface area contributed by atoms with Crippen LogP contribution in [0.1, 0.15) is 25.8 Å². The van der Waals surface area contributed by atoms with Gasteiger partial charge in [0.25, 0.3) is 0 Å². The lowest BCUT2D eigenvalue weighted by Crippen LogP contribution is -2.31. The molecular formula is C12H17BrO3. The molecule has 0 amide bonds. The average Bonchev–Trinajstić information content (AvgIpc) is 2.27. The van der Waals surface area contributed by atoms with Crippen molar-refractivity contribution in [2.75, 3.05) is 6.61 Å². The van der Waals surface area contributed by atoms with Crippen LogP contribution in [0, 0.1) is 0 Å². The van der Waals surface area contributed by atoms with E-state index in [-0.39, 0.29) is 13.2 Å². The third-order valence-electron chi connectivity index (χ3n) is 2.51. The maximum absolute atomic E-state index is 9.84. The fourth-order valence-corrected chi connectivity index (χ4v) is 1.69. The Balaban J connectivity index is 2.80. The minimum absolute atomic E-state index is 0.0803. The molecule has 1 rings (SSSR count). The number of ether oxygens (including phenoxy) is 1. The fraction of sp³-hybridized carbons (Fsp3) is 0.500. The van der Waals surface area contributed by atoms with E-state index in [2.05, 4.69) is 15.9 Å². The lowest BCUT2D eigenvalue weighted by molar-refractivity contribution is 0.00760. The van der Waals surface area contributed by atoms with E-state index in [0.717, 1.165) is 4.47 Å².